The van der Waals surface area contributed by atoms with E-state index in [1.807, 2.05) is 0 Å². The Morgan fingerprint density at radius 2 is 2.18 bits per heavy atom. The minimum atomic E-state index is -0.562. The zero-order valence-electron chi connectivity index (χ0n) is 18.8. The molecule has 0 radical (unpaired) electrons. The van der Waals surface area contributed by atoms with Gasteiger partial charge in [-0.25, -0.2) is 0 Å². The Balaban J connectivity index is 1.71. The lowest BCUT2D eigenvalue weighted by Gasteiger charge is -2.14. The van der Waals surface area contributed by atoms with Gasteiger partial charge in [0.2, 0.25) is 11.0 Å². The predicted molar refractivity (Wildman–Crippen MR) is 129 cm³/mol. The molecule has 0 unspecified atom stereocenters. The lowest BCUT2D eigenvalue weighted by atomic mass is 9.98. The summed E-state index contributed by atoms with van der Waals surface area (Å²) in [5.74, 6) is 8.63. The number of carbonyl (C=O) groups is 2. The number of aromatic nitrogens is 3. The molecule has 2 aliphatic rings. The number of nitrogens with zero attached hydrogens (tertiary/aromatic N) is 4. The van der Waals surface area contributed by atoms with E-state index in [0.29, 0.717) is 33.5 Å². The van der Waals surface area contributed by atoms with Crippen LogP contribution in [0, 0.1) is 17.8 Å². The number of nitrogens with one attached hydrogen (secondary N) is 2. The van der Waals surface area contributed by atoms with Crippen LogP contribution in [0.2, 0.25) is 0 Å². The summed E-state index contributed by atoms with van der Waals surface area (Å²) in [6.45, 7) is 1.56. The second-order valence-electron chi connectivity index (χ2n) is 7.61. The molecule has 10 nitrogen and oxygen atoms in total. The van der Waals surface area contributed by atoms with Crippen molar-refractivity contribution in [1.82, 2.24) is 24.7 Å². The van der Waals surface area contributed by atoms with Crippen molar-refractivity contribution in [2.45, 2.75) is 26.3 Å². The Morgan fingerprint density at radius 1 is 1.38 bits per heavy atom. The molecule has 0 atom stereocenters. The third-order valence-corrected chi connectivity index (χ3v) is 5.75. The summed E-state index contributed by atoms with van der Waals surface area (Å²) in [6, 6.07) is 1.18. The number of allylic oxidation sites excluding steroid dienone is 2. The number of hydrogen-bond acceptors (Lipinski definition) is 7. The molecular weight excluding hydrogens is 456 g/mol. The molecule has 1 saturated carbocycles. The normalized spacial score (nSPS) is 14.3. The highest BCUT2D eigenvalue weighted by Gasteiger charge is 2.26. The number of rotatable bonds is 6. The van der Waals surface area contributed by atoms with E-state index < -0.39 is 11.5 Å². The van der Waals surface area contributed by atoms with Crippen molar-refractivity contribution in [3.63, 3.8) is 0 Å². The second-order valence-corrected chi connectivity index (χ2v) is 8.58. The van der Waals surface area contributed by atoms with Gasteiger partial charge >= 0.3 is 11.6 Å². The number of pyridine rings is 1. The van der Waals surface area contributed by atoms with Gasteiger partial charge in [-0.1, -0.05) is 17.3 Å². The Kier molecular flexibility index (Phi) is 6.57. The summed E-state index contributed by atoms with van der Waals surface area (Å²) >= 11 is 1.15. The first kappa shape index (κ1) is 23.0. The van der Waals surface area contributed by atoms with Gasteiger partial charge in [0.05, 0.1) is 12.7 Å². The van der Waals surface area contributed by atoms with Gasteiger partial charge in [-0.05, 0) is 23.4 Å². The summed E-state index contributed by atoms with van der Waals surface area (Å²) in [4.78, 5) is 37.8. The van der Waals surface area contributed by atoms with Crippen molar-refractivity contribution in [2.75, 3.05) is 19.5 Å². The van der Waals surface area contributed by atoms with Crippen LogP contribution in [0.5, 0.6) is 0 Å². The average Bonchev–Trinajstić information content (AvgIpc) is 3.56. The van der Waals surface area contributed by atoms with E-state index in [9.17, 15) is 14.4 Å². The van der Waals surface area contributed by atoms with Gasteiger partial charge in [0.1, 0.15) is 6.54 Å². The SMILES string of the molecule is CNC(=O)Cn1cc(C2=CC(C)=[N+]=C=C2OC)c(C(=O)Nc2nnc(C#CC3CC3)s2)cc1=O. The van der Waals surface area contributed by atoms with E-state index in [-0.39, 0.29) is 23.1 Å². The number of methoxy groups -OCH3 is 1. The third-order valence-electron chi connectivity index (χ3n) is 5.00. The first-order valence-electron chi connectivity index (χ1n) is 10.4. The molecule has 0 spiro atoms. The summed E-state index contributed by atoms with van der Waals surface area (Å²) in [6.07, 6.45) is 5.36. The molecule has 4 rings (SSSR count). The molecule has 0 bridgehead atoms. The maximum absolute atomic E-state index is 13.2. The first-order chi connectivity index (χ1) is 16.4. The van der Waals surface area contributed by atoms with E-state index >= 15 is 0 Å². The second kappa shape index (κ2) is 9.73. The summed E-state index contributed by atoms with van der Waals surface area (Å²) in [7, 11) is 2.93. The van der Waals surface area contributed by atoms with Gasteiger partial charge in [0.25, 0.3) is 17.2 Å². The van der Waals surface area contributed by atoms with Crippen molar-refractivity contribution in [3.8, 4) is 11.8 Å². The van der Waals surface area contributed by atoms with Crippen LogP contribution in [0.3, 0.4) is 0 Å². The van der Waals surface area contributed by atoms with Crippen molar-refractivity contribution >= 4 is 45.4 Å². The molecule has 2 aromatic heterocycles. The van der Waals surface area contributed by atoms with Gasteiger partial charge < -0.3 is 14.6 Å². The summed E-state index contributed by atoms with van der Waals surface area (Å²) in [5, 5.41) is 13.9. The molecule has 1 aliphatic heterocycles. The molecule has 1 aliphatic carbocycles. The Bertz CT molecular complexity index is 1440. The van der Waals surface area contributed by atoms with Crippen LogP contribution in [-0.4, -0.2) is 52.3 Å². The van der Waals surface area contributed by atoms with E-state index in [0.717, 1.165) is 24.2 Å². The Labute approximate surface area is 198 Å². The van der Waals surface area contributed by atoms with Crippen molar-refractivity contribution in [3.05, 3.63) is 50.6 Å². The fraction of sp³-hybridized carbons (Fsp3) is 0.304. The van der Waals surface area contributed by atoms with Crippen molar-refractivity contribution in [1.29, 1.82) is 0 Å². The summed E-state index contributed by atoms with van der Waals surface area (Å²) in [5.41, 5.74) is 1.07. The van der Waals surface area contributed by atoms with E-state index in [1.165, 1.54) is 31.0 Å². The number of anilines is 1. The molecule has 2 aromatic rings. The van der Waals surface area contributed by atoms with E-state index in [1.54, 1.807) is 13.0 Å². The van der Waals surface area contributed by atoms with Gasteiger partial charge in [0, 0.05) is 49.4 Å². The van der Waals surface area contributed by atoms with Gasteiger partial charge in [0.15, 0.2) is 5.01 Å². The summed E-state index contributed by atoms with van der Waals surface area (Å²) < 4.78 is 10.7. The molecule has 34 heavy (non-hydrogen) atoms. The fourth-order valence-corrected chi connectivity index (χ4v) is 3.67. The minimum Gasteiger partial charge on any atom is -0.484 e. The fourth-order valence-electron chi connectivity index (χ4n) is 3.07. The van der Waals surface area contributed by atoms with Crippen LogP contribution in [-0.2, 0) is 16.1 Å². The highest BCUT2D eigenvalue weighted by atomic mass is 32.1. The molecule has 1 fully saturated rings. The zero-order chi connectivity index (χ0) is 24.2. The monoisotopic (exact) mass is 477 g/mol. The smallest absolute Gasteiger partial charge is 0.359 e. The number of carbonyl (C=O) groups excluding carboxylic acids is 2. The first-order valence-corrected chi connectivity index (χ1v) is 11.2. The van der Waals surface area contributed by atoms with Crippen LogP contribution < -0.4 is 20.9 Å². The molecule has 2 N–H and O–H groups in total. The Hall–Kier alpha value is -4.22. The highest BCUT2D eigenvalue weighted by Crippen LogP contribution is 2.28. The van der Waals surface area contributed by atoms with Crippen molar-refractivity contribution < 1.29 is 14.3 Å². The topological polar surface area (TPSA) is 129 Å². The van der Waals surface area contributed by atoms with E-state index in [2.05, 4.69) is 43.2 Å². The largest absolute Gasteiger partial charge is 0.484 e. The molecular formula is C23H21N6O4S+. The number of likely N-dealkylation sites (N-methyl/N-ethyl adjacent to an activating group) is 1. The average molecular weight is 478 g/mol. The number of ether oxygens (including phenoxy) is 1. The van der Waals surface area contributed by atoms with Gasteiger partial charge in [-0.2, -0.15) is 0 Å². The van der Waals surface area contributed by atoms with Gasteiger partial charge in [-0.3, -0.25) is 19.7 Å². The van der Waals surface area contributed by atoms with Crippen LogP contribution in [0.1, 0.15) is 40.7 Å². The predicted octanol–water partition coefficient (Wildman–Crippen LogP) is 0.585. The maximum atomic E-state index is 13.2. The van der Waals surface area contributed by atoms with Crippen LogP contribution >= 0.6 is 11.3 Å². The van der Waals surface area contributed by atoms with Crippen LogP contribution in [0.15, 0.2) is 28.9 Å². The zero-order valence-corrected chi connectivity index (χ0v) is 19.6. The van der Waals surface area contributed by atoms with E-state index in [4.69, 9.17) is 4.74 Å². The molecule has 0 saturated heterocycles. The standard InChI is InChI=1S/C23H20N6O4S/c1-13-8-15(18(33-3)10-25-13)17-11-29(12-19(30)24-2)21(31)9-16(17)22(32)26-23-28-27-20(34-23)7-6-14-4-5-14/h8-9,11,14H,4-5,12H2,1-3H3,(H-,24,26,28,30,32)/p+1. The van der Waals surface area contributed by atoms with Crippen molar-refractivity contribution in [2.24, 2.45) is 5.92 Å². The quantitative estimate of drug-likeness (QED) is 0.463. The highest BCUT2D eigenvalue weighted by molar-refractivity contribution is 7.15. The lowest BCUT2D eigenvalue weighted by molar-refractivity contribution is -0.121. The molecule has 2 amide bonds. The Morgan fingerprint density at radius 3 is 2.88 bits per heavy atom. The number of amides is 2. The molecule has 11 heteroatoms. The lowest BCUT2D eigenvalue weighted by Crippen LogP contribution is -2.31. The third kappa shape index (κ3) is 5.22. The molecule has 3 heterocycles. The van der Waals surface area contributed by atoms with Crippen LogP contribution in [0.25, 0.3) is 5.57 Å². The minimum absolute atomic E-state index is 0.0799. The number of hydrogen-bond donors (Lipinski definition) is 2. The molecule has 0 aromatic carbocycles. The maximum Gasteiger partial charge on any atom is 0.359 e. The van der Waals surface area contributed by atoms with Gasteiger partial charge in [-0.15, -0.1) is 10.2 Å². The van der Waals surface area contributed by atoms with Crippen LogP contribution in [0.4, 0.5) is 5.13 Å². The molecule has 172 valence electrons.